The van der Waals surface area contributed by atoms with E-state index in [4.69, 9.17) is 0 Å². The number of hydrogen-bond acceptors (Lipinski definition) is 3. The smallest absolute Gasteiger partial charge is 0.336 e. The highest BCUT2D eigenvalue weighted by atomic mass is 16.4. The van der Waals surface area contributed by atoms with Gasteiger partial charge in [0.05, 0.1) is 5.56 Å². The van der Waals surface area contributed by atoms with E-state index < -0.39 is 5.97 Å². The summed E-state index contributed by atoms with van der Waals surface area (Å²) in [7, 11) is 0. The van der Waals surface area contributed by atoms with Crippen molar-refractivity contribution in [3.63, 3.8) is 0 Å². The summed E-state index contributed by atoms with van der Waals surface area (Å²) in [6, 6.07) is 13.5. The highest BCUT2D eigenvalue weighted by Crippen LogP contribution is 2.29. The lowest BCUT2D eigenvalue weighted by Gasteiger charge is -2.12. The molecule has 1 unspecified atom stereocenters. The van der Waals surface area contributed by atoms with Crippen LogP contribution in [0, 0.1) is 5.92 Å². The van der Waals surface area contributed by atoms with E-state index in [9.17, 15) is 9.90 Å². The second-order valence-electron chi connectivity index (χ2n) is 8.00. The number of carboxylic acid groups (broad SMARTS) is 1. The maximum atomic E-state index is 11.8. The first-order valence-corrected chi connectivity index (χ1v) is 10.8. The summed E-state index contributed by atoms with van der Waals surface area (Å²) in [6.45, 7) is 6.60. The van der Waals surface area contributed by atoms with E-state index in [-0.39, 0.29) is 5.56 Å². The molecule has 1 atom stereocenters. The highest BCUT2D eigenvalue weighted by molar-refractivity contribution is 5.97. The lowest BCUT2D eigenvalue weighted by molar-refractivity contribution is 0.0697. The summed E-state index contributed by atoms with van der Waals surface area (Å²) >= 11 is 0. The lowest BCUT2D eigenvalue weighted by atomic mass is 9.94. The first-order valence-electron chi connectivity index (χ1n) is 10.8. The van der Waals surface area contributed by atoms with E-state index in [0.717, 1.165) is 48.8 Å². The molecule has 0 aliphatic carbocycles. The molecular weight excluding hydrogens is 372 g/mol. The van der Waals surface area contributed by atoms with E-state index in [2.05, 4.69) is 42.9 Å². The van der Waals surface area contributed by atoms with Crippen LogP contribution in [-0.4, -0.2) is 21.0 Å². The Morgan fingerprint density at radius 1 is 0.967 bits per heavy atom. The van der Waals surface area contributed by atoms with Crippen LogP contribution in [0.15, 0.2) is 54.9 Å². The van der Waals surface area contributed by atoms with Crippen LogP contribution >= 0.6 is 0 Å². The van der Waals surface area contributed by atoms with Crippen LogP contribution in [-0.2, 0) is 12.8 Å². The SMILES string of the molecule is CCCCc1cnc(-c2ccc(C(=O)O)c(-c3ccc(CC(C)CC)cc3)c2)nc1. The van der Waals surface area contributed by atoms with Gasteiger partial charge in [-0.15, -0.1) is 0 Å². The standard InChI is InChI=1S/C26H30N2O2/c1-4-6-7-20-16-27-25(28-17-20)22-12-13-23(26(29)30)24(15-22)21-10-8-19(9-11-21)14-18(3)5-2/h8-13,15-18H,4-7,14H2,1-3H3,(H,29,30). The van der Waals surface area contributed by atoms with E-state index in [0.29, 0.717) is 17.3 Å². The molecule has 1 N–H and O–H groups in total. The number of aromatic nitrogens is 2. The summed E-state index contributed by atoms with van der Waals surface area (Å²) in [4.78, 5) is 20.8. The van der Waals surface area contributed by atoms with Crippen molar-refractivity contribution in [1.82, 2.24) is 9.97 Å². The van der Waals surface area contributed by atoms with Crippen molar-refractivity contribution < 1.29 is 9.90 Å². The zero-order valence-electron chi connectivity index (χ0n) is 18.1. The van der Waals surface area contributed by atoms with Crippen LogP contribution in [0.25, 0.3) is 22.5 Å². The van der Waals surface area contributed by atoms with Gasteiger partial charge in [0.1, 0.15) is 0 Å². The number of carbonyl (C=O) groups is 1. The summed E-state index contributed by atoms with van der Waals surface area (Å²) < 4.78 is 0. The Balaban J connectivity index is 1.92. The van der Waals surface area contributed by atoms with Gasteiger partial charge >= 0.3 is 5.97 Å². The molecule has 0 amide bonds. The second-order valence-corrected chi connectivity index (χ2v) is 8.00. The Labute approximate surface area is 179 Å². The summed E-state index contributed by atoms with van der Waals surface area (Å²) in [5, 5.41) is 9.68. The predicted octanol–water partition coefficient (Wildman–Crippen LogP) is 6.44. The van der Waals surface area contributed by atoms with Gasteiger partial charge in [-0.25, -0.2) is 14.8 Å². The Morgan fingerprint density at radius 2 is 1.63 bits per heavy atom. The molecule has 156 valence electrons. The molecule has 0 saturated heterocycles. The molecule has 0 spiro atoms. The van der Waals surface area contributed by atoms with E-state index in [1.165, 1.54) is 5.56 Å². The van der Waals surface area contributed by atoms with E-state index in [1.54, 1.807) is 12.1 Å². The molecule has 1 aromatic heterocycles. The number of nitrogens with zero attached hydrogens (tertiary/aromatic N) is 2. The molecule has 3 aromatic rings. The van der Waals surface area contributed by atoms with Gasteiger partial charge in [-0.3, -0.25) is 0 Å². The van der Waals surface area contributed by atoms with Gasteiger partial charge in [0.2, 0.25) is 0 Å². The van der Waals surface area contributed by atoms with Gasteiger partial charge in [0.15, 0.2) is 5.82 Å². The zero-order valence-corrected chi connectivity index (χ0v) is 18.1. The van der Waals surface area contributed by atoms with Crippen molar-refractivity contribution in [3.05, 3.63) is 71.5 Å². The minimum atomic E-state index is -0.934. The van der Waals surface area contributed by atoms with Gasteiger partial charge in [0, 0.05) is 18.0 Å². The normalized spacial score (nSPS) is 12.0. The minimum Gasteiger partial charge on any atom is -0.478 e. The summed E-state index contributed by atoms with van der Waals surface area (Å²) in [5.41, 5.74) is 5.08. The lowest BCUT2D eigenvalue weighted by Crippen LogP contribution is -2.01. The quantitative estimate of drug-likeness (QED) is 0.447. The fourth-order valence-electron chi connectivity index (χ4n) is 3.49. The molecule has 2 aromatic carbocycles. The molecule has 4 heteroatoms. The average molecular weight is 403 g/mol. The van der Waals surface area contributed by atoms with Crippen LogP contribution in [0.4, 0.5) is 0 Å². The van der Waals surface area contributed by atoms with Crippen molar-refractivity contribution in [2.24, 2.45) is 5.92 Å². The minimum absolute atomic E-state index is 0.285. The monoisotopic (exact) mass is 402 g/mol. The molecule has 0 aliphatic rings. The molecule has 4 nitrogen and oxygen atoms in total. The maximum Gasteiger partial charge on any atom is 0.336 e. The van der Waals surface area contributed by atoms with Crippen LogP contribution in [0.2, 0.25) is 0 Å². The number of unbranched alkanes of at least 4 members (excludes halogenated alkanes) is 1. The molecule has 0 fully saturated rings. The van der Waals surface area contributed by atoms with Crippen molar-refractivity contribution in [2.75, 3.05) is 0 Å². The zero-order chi connectivity index (χ0) is 21.5. The number of hydrogen-bond donors (Lipinski definition) is 1. The number of rotatable bonds is 9. The third-order valence-corrected chi connectivity index (χ3v) is 5.58. The van der Waals surface area contributed by atoms with E-state index >= 15 is 0 Å². The van der Waals surface area contributed by atoms with Crippen molar-refractivity contribution in [3.8, 4) is 22.5 Å². The first-order chi connectivity index (χ1) is 14.5. The van der Waals surface area contributed by atoms with Crippen LogP contribution in [0.3, 0.4) is 0 Å². The van der Waals surface area contributed by atoms with Gasteiger partial charge < -0.3 is 5.11 Å². The third-order valence-electron chi connectivity index (χ3n) is 5.58. The predicted molar refractivity (Wildman–Crippen MR) is 122 cm³/mol. The third kappa shape index (κ3) is 5.32. The molecule has 0 saturated carbocycles. The fourth-order valence-corrected chi connectivity index (χ4v) is 3.49. The molecule has 3 rings (SSSR count). The second kappa shape index (κ2) is 10.1. The highest BCUT2D eigenvalue weighted by Gasteiger charge is 2.14. The molecule has 1 heterocycles. The molecule has 30 heavy (non-hydrogen) atoms. The molecule has 0 aliphatic heterocycles. The van der Waals surface area contributed by atoms with Gasteiger partial charge in [0.25, 0.3) is 0 Å². The van der Waals surface area contributed by atoms with Crippen molar-refractivity contribution >= 4 is 5.97 Å². The number of aryl methyl sites for hydroxylation is 1. The van der Waals surface area contributed by atoms with Gasteiger partial charge in [-0.05, 0) is 59.6 Å². The fraction of sp³-hybridized carbons (Fsp3) is 0.346. The topological polar surface area (TPSA) is 63.1 Å². The van der Waals surface area contributed by atoms with Crippen molar-refractivity contribution in [1.29, 1.82) is 0 Å². The Kier molecular flexibility index (Phi) is 7.34. The average Bonchev–Trinajstić information content (AvgIpc) is 2.78. The summed E-state index contributed by atoms with van der Waals surface area (Å²) in [5.74, 6) is 0.309. The Hall–Kier alpha value is -3.01. The van der Waals surface area contributed by atoms with Crippen LogP contribution in [0.1, 0.15) is 61.5 Å². The van der Waals surface area contributed by atoms with Crippen LogP contribution in [0.5, 0.6) is 0 Å². The molecule has 0 radical (unpaired) electrons. The Morgan fingerprint density at radius 3 is 2.23 bits per heavy atom. The molecular formula is C26H30N2O2. The van der Waals surface area contributed by atoms with Gasteiger partial charge in [-0.2, -0.15) is 0 Å². The first kappa shape index (κ1) is 21.7. The number of aromatic carboxylic acids is 1. The molecule has 0 bridgehead atoms. The van der Waals surface area contributed by atoms with Crippen LogP contribution < -0.4 is 0 Å². The number of carboxylic acids is 1. The Bertz CT molecular complexity index is 979. The maximum absolute atomic E-state index is 11.8. The van der Waals surface area contributed by atoms with Gasteiger partial charge in [-0.1, -0.05) is 63.9 Å². The summed E-state index contributed by atoms with van der Waals surface area (Å²) in [6.07, 6.45) is 9.14. The van der Waals surface area contributed by atoms with E-state index in [1.807, 2.05) is 30.6 Å². The largest absolute Gasteiger partial charge is 0.478 e. The van der Waals surface area contributed by atoms with Crippen molar-refractivity contribution in [2.45, 2.75) is 52.9 Å². The number of benzene rings is 2.